The van der Waals surface area contributed by atoms with Gasteiger partial charge in [-0.15, -0.1) is 0 Å². The maximum absolute atomic E-state index is 13.1. The fraction of sp³-hybridized carbons (Fsp3) is 0.455. The summed E-state index contributed by atoms with van der Waals surface area (Å²) in [6.45, 7) is 4.86. The number of anilines is 2. The van der Waals surface area contributed by atoms with Gasteiger partial charge in [0, 0.05) is 55.5 Å². The van der Waals surface area contributed by atoms with Crippen LogP contribution in [0.15, 0.2) is 47.4 Å². The second-order valence-corrected chi connectivity index (χ2v) is 10.7. The highest BCUT2D eigenvalue weighted by atomic mass is 35.5. The van der Waals surface area contributed by atoms with Crippen LogP contribution in [0.1, 0.15) is 26.2 Å². The predicted octanol–water partition coefficient (Wildman–Crippen LogP) is 4.14. The Morgan fingerprint density at radius 1 is 0.969 bits per heavy atom. The number of hydrogen-bond acceptors (Lipinski definition) is 6. The Morgan fingerprint density at radius 2 is 1.66 bits per heavy atom. The number of nitro groups is 1. The lowest BCUT2D eigenvalue weighted by molar-refractivity contribution is -0.384. The number of piperazine rings is 1. The van der Waals surface area contributed by atoms with Gasteiger partial charge in [-0.05, 0) is 62.6 Å². The molecule has 2 heterocycles. The molecule has 0 amide bonds. The fourth-order valence-electron chi connectivity index (χ4n) is 4.53. The van der Waals surface area contributed by atoms with Gasteiger partial charge in [0.25, 0.3) is 5.69 Å². The van der Waals surface area contributed by atoms with E-state index in [-0.39, 0.29) is 21.5 Å². The molecule has 2 aromatic rings. The first-order chi connectivity index (χ1) is 15.3. The van der Waals surface area contributed by atoms with E-state index < -0.39 is 10.0 Å². The van der Waals surface area contributed by atoms with Crippen LogP contribution >= 0.6 is 11.6 Å². The second-order valence-electron chi connectivity index (χ2n) is 8.34. The molecular formula is C22H27ClN4O4S. The molecule has 10 heteroatoms. The third-order valence-corrected chi connectivity index (χ3v) is 8.48. The number of piperidine rings is 1. The molecule has 0 N–H and O–H groups in total. The molecule has 1 unspecified atom stereocenters. The molecule has 2 aliphatic rings. The van der Waals surface area contributed by atoms with E-state index in [1.807, 2.05) is 13.0 Å². The molecule has 0 spiro atoms. The number of benzene rings is 2. The van der Waals surface area contributed by atoms with E-state index in [0.717, 1.165) is 38.0 Å². The van der Waals surface area contributed by atoms with Gasteiger partial charge < -0.3 is 9.80 Å². The van der Waals surface area contributed by atoms with E-state index in [1.54, 1.807) is 24.3 Å². The Labute approximate surface area is 193 Å². The average Bonchev–Trinajstić information content (AvgIpc) is 2.79. The van der Waals surface area contributed by atoms with Gasteiger partial charge in [0.1, 0.15) is 5.69 Å². The van der Waals surface area contributed by atoms with Crippen LogP contribution in [0.2, 0.25) is 5.02 Å². The van der Waals surface area contributed by atoms with E-state index in [0.29, 0.717) is 30.3 Å². The highest BCUT2D eigenvalue weighted by molar-refractivity contribution is 7.89. The highest BCUT2D eigenvalue weighted by Crippen LogP contribution is 2.35. The first-order valence-corrected chi connectivity index (χ1v) is 12.6. The number of nitrogens with zero attached hydrogens (tertiary/aromatic N) is 4. The van der Waals surface area contributed by atoms with Crippen molar-refractivity contribution in [2.24, 2.45) is 0 Å². The summed E-state index contributed by atoms with van der Waals surface area (Å²) in [6.07, 6.45) is 3.20. The molecule has 0 aliphatic carbocycles. The van der Waals surface area contributed by atoms with Crippen molar-refractivity contribution in [3.63, 3.8) is 0 Å². The summed E-state index contributed by atoms with van der Waals surface area (Å²) in [7, 11) is -3.63. The molecule has 0 aromatic heterocycles. The minimum Gasteiger partial charge on any atom is -0.369 e. The molecule has 4 rings (SSSR count). The summed E-state index contributed by atoms with van der Waals surface area (Å²) in [5.41, 5.74) is 1.65. The lowest BCUT2D eigenvalue weighted by Crippen LogP contribution is -2.54. The molecule has 0 radical (unpaired) electrons. The third kappa shape index (κ3) is 4.55. The van der Waals surface area contributed by atoms with Crippen LogP contribution < -0.4 is 9.80 Å². The fourth-order valence-corrected chi connectivity index (χ4v) is 6.26. The third-order valence-electron chi connectivity index (χ3n) is 6.20. The van der Waals surface area contributed by atoms with Crippen molar-refractivity contribution in [2.45, 2.75) is 37.1 Å². The molecule has 32 heavy (non-hydrogen) atoms. The van der Waals surface area contributed by atoms with Gasteiger partial charge in [-0.2, -0.15) is 4.31 Å². The van der Waals surface area contributed by atoms with Crippen LogP contribution in [0.5, 0.6) is 0 Å². The molecular weight excluding hydrogens is 452 g/mol. The molecule has 2 aromatic carbocycles. The Kier molecular flexibility index (Phi) is 6.60. The van der Waals surface area contributed by atoms with Gasteiger partial charge in [-0.3, -0.25) is 10.1 Å². The van der Waals surface area contributed by atoms with Crippen LogP contribution in [0.25, 0.3) is 0 Å². The molecule has 1 atom stereocenters. The summed E-state index contributed by atoms with van der Waals surface area (Å²) in [6, 6.07) is 11.2. The lowest BCUT2D eigenvalue weighted by atomic mass is 10.1. The molecule has 8 nitrogen and oxygen atoms in total. The zero-order valence-electron chi connectivity index (χ0n) is 18.0. The van der Waals surface area contributed by atoms with E-state index >= 15 is 0 Å². The van der Waals surface area contributed by atoms with Gasteiger partial charge in [-0.25, -0.2) is 8.42 Å². The number of hydrogen-bond donors (Lipinski definition) is 0. The molecule has 0 saturated carbocycles. The zero-order chi connectivity index (χ0) is 22.9. The minimum absolute atomic E-state index is 0.118. The summed E-state index contributed by atoms with van der Waals surface area (Å²) in [5, 5.41) is 12.1. The van der Waals surface area contributed by atoms with Crippen LogP contribution in [0.3, 0.4) is 0 Å². The van der Waals surface area contributed by atoms with Gasteiger partial charge in [0.2, 0.25) is 10.0 Å². The Balaban J connectivity index is 1.55. The Bertz CT molecular complexity index is 1090. The lowest BCUT2D eigenvalue weighted by Gasteiger charge is -2.40. The standard InChI is InChI=1S/C22H27ClN4O4S/c1-17-16-25(13-14-26(17)32(30,31)20-8-5-18(23)6-9-20)19-7-10-21(27(28)29)22(15-19)24-11-3-2-4-12-24/h5-10,15,17H,2-4,11-14,16H2,1H3. The second kappa shape index (κ2) is 9.25. The van der Waals surface area contributed by atoms with Crippen LogP contribution in [0, 0.1) is 10.1 Å². The van der Waals surface area contributed by atoms with Crippen LogP contribution in [0.4, 0.5) is 17.1 Å². The van der Waals surface area contributed by atoms with Crippen molar-refractivity contribution in [3.05, 3.63) is 57.6 Å². The Morgan fingerprint density at radius 3 is 2.28 bits per heavy atom. The van der Waals surface area contributed by atoms with Crippen LogP contribution in [-0.4, -0.2) is 56.4 Å². The van der Waals surface area contributed by atoms with E-state index in [4.69, 9.17) is 11.6 Å². The average molecular weight is 479 g/mol. The summed E-state index contributed by atoms with van der Waals surface area (Å²) >= 11 is 5.90. The molecule has 0 bridgehead atoms. The maximum Gasteiger partial charge on any atom is 0.292 e. The van der Waals surface area contributed by atoms with E-state index in [9.17, 15) is 18.5 Å². The van der Waals surface area contributed by atoms with Gasteiger partial charge in [-0.1, -0.05) is 11.6 Å². The first-order valence-electron chi connectivity index (χ1n) is 10.8. The number of nitro benzene ring substituents is 1. The van der Waals surface area contributed by atoms with E-state index in [2.05, 4.69) is 9.80 Å². The predicted molar refractivity (Wildman–Crippen MR) is 126 cm³/mol. The summed E-state index contributed by atoms with van der Waals surface area (Å²) in [4.78, 5) is 15.7. The first kappa shape index (κ1) is 22.8. The van der Waals surface area contributed by atoms with Crippen molar-refractivity contribution in [1.29, 1.82) is 0 Å². The number of rotatable bonds is 5. The normalized spacial score (nSPS) is 20.4. The quantitative estimate of drug-likeness (QED) is 0.474. The largest absolute Gasteiger partial charge is 0.369 e. The molecule has 2 fully saturated rings. The van der Waals surface area contributed by atoms with Crippen molar-refractivity contribution in [1.82, 2.24) is 4.31 Å². The van der Waals surface area contributed by atoms with E-state index in [1.165, 1.54) is 16.4 Å². The number of halogens is 1. The topological polar surface area (TPSA) is 87.0 Å². The highest BCUT2D eigenvalue weighted by Gasteiger charge is 2.34. The van der Waals surface area contributed by atoms with Crippen molar-refractivity contribution in [3.8, 4) is 0 Å². The van der Waals surface area contributed by atoms with Crippen molar-refractivity contribution >= 4 is 38.7 Å². The summed E-state index contributed by atoms with van der Waals surface area (Å²) in [5.74, 6) is 0. The molecule has 2 saturated heterocycles. The minimum atomic E-state index is -3.63. The van der Waals surface area contributed by atoms with Gasteiger partial charge >= 0.3 is 0 Å². The zero-order valence-corrected chi connectivity index (χ0v) is 19.6. The van der Waals surface area contributed by atoms with Gasteiger partial charge in [0.15, 0.2) is 0 Å². The van der Waals surface area contributed by atoms with Crippen LogP contribution in [-0.2, 0) is 10.0 Å². The maximum atomic E-state index is 13.1. The number of sulfonamides is 1. The van der Waals surface area contributed by atoms with Crippen molar-refractivity contribution < 1.29 is 13.3 Å². The van der Waals surface area contributed by atoms with Crippen molar-refractivity contribution in [2.75, 3.05) is 42.5 Å². The molecule has 172 valence electrons. The monoisotopic (exact) mass is 478 g/mol. The molecule has 2 aliphatic heterocycles. The summed E-state index contributed by atoms with van der Waals surface area (Å²) < 4.78 is 27.7. The Hall–Kier alpha value is -2.36. The SMILES string of the molecule is CC1CN(c2ccc([N+](=O)[O-])c(N3CCCCC3)c2)CCN1S(=O)(=O)c1ccc(Cl)cc1. The smallest absolute Gasteiger partial charge is 0.292 e. The van der Waals surface area contributed by atoms with Gasteiger partial charge in [0.05, 0.1) is 9.82 Å².